The Balaban J connectivity index is 0. The molecule has 0 heterocycles. The van der Waals surface area contributed by atoms with Gasteiger partial charge in [0.1, 0.15) is 0 Å². The van der Waals surface area contributed by atoms with E-state index in [0.717, 1.165) is 0 Å². The molecule has 0 saturated heterocycles. The number of hydrogen-bond acceptors (Lipinski definition) is 4. The third-order valence-corrected chi connectivity index (χ3v) is 0.805. The van der Waals surface area contributed by atoms with Crippen LogP contribution in [0.25, 0.3) is 0 Å². The van der Waals surface area contributed by atoms with Crippen LogP contribution in [0.4, 0.5) is 0 Å². The summed E-state index contributed by atoms with van der Waals surface area (Å²) in [5, 5.41) is 32.5. The van der Waals surface area contributed by atoms with E-state index in [0.29, 0.717) is 0 Å². The van der Waals surface area contributed by atoms with Gasteiger partial charge in [0.05, 0.1) is 0 Å². The smallest absolute Gasteiger partial charge is 0.335 e. The molecular formula is C4H6O6Tb. The first-order valence-corrected chi connectivity index (χ1v) is 2.28. The molecule has 0 rings (SSSR count). The molecule has 2 unspecified atom stereocenters. The molecule has 0 amide bonds. The minimum absolute atomic E-state index is 0. The topological polar surface area (TPSA) is 115 Å². The second-order valence-electron chi connectivity index (χ2n) is 1.57. The molecule has 7 heteroatoms. The van der Waals surface area contributed by atoms with Crippen molar-refractivity contribution in [2.24, 2.45) is 0 Å². The first-order valence-electron chi connectivity index (χ1n) is 2.28. The van der Waals surface area contributed by atoms with Crippen molar-refractivity contribution >= 4 is 11.9 Å². The Kier molecular flexibility index (Phi) is 7.17. The quantitative estimate of drug-likeness (QED) is 0.474. The number of carboxylic acids is 2. The molecule has 0 spiro atoms. The number of carboxylic acid groups (broad SMARTS) is 2. The minimum atomic E-state index is -2.27. The van der Waals surface area contributed by atoms with Crippen LogP contribution in [0.1, 0.15) is 0 Å². The second kappa shape index (κ2) is 5.75. The molecule has 4 N–H and O–H groups in total. The zero-order chi connectivity index (χ0) is 8.31. The molecule has 0 aromatic carbocycles. The van der Waals surface area contributed by atoms with Crippen molar-refractivity contribution in [3.63, 3.8) is 0 Å². The molecule has 0 bridgehead atoms. The van der Waals surface area contributed by atoms with Crippen LogP contribution in [0.2, 0.25) is 0 Å². The zero-order valence-electron chi connectivity index (χ0n) is 5.09. The molecule has 0 aliphatic heterocycles. The van der Waals surface area contributed by atoms with E-state index in [1.54, 1.807) is 0 Å². The van der Waals surface area contributed by atoms with Crippen molar-refractivity contribution in [1.82, 2.24) is 0 Å². The molecule has 0 fully saturated rings. The summed E-state index contributed by atoms with van der Waals surface area (Å²) in [6.07, 6.45) is -4.53. The Morgan fingerprint density at radius 1 is 0.909 bits per heavy atom. The third-order valence-electron chi connectivity index (χ3n) is 0.805. The van der Waals surface area contributed by atoms with Crippen LogP contribution in [0.3, 0.4) is 0 Å². The summed E-state index contributed by atoms with van der Waals surface area (Å²) >= 11 is 0. The molecule has 1 radical (unpaired) electrons. The third kappa shape index (κ3) is 4.56. The molecule has 0 aliphatic carbocycles. The molecular weight excluding hydrogens is 303 g/mol. The molecule has 67 valence electrons. The fourth-order valence-corrected chi connectivity index (χ4v) is 0.270. The number of aliphatic carboxylic acids is 2. The molecule has 2 atom stereocenters. The summed E-state index contributed by atoms with van der Waals surface area (Å²) in [6, 6.07) is 0. The van der Waals surface area contributed by atoms with Crippen molar-refractivity contribution in [3.05, 3.63) is 0 Å². The summed E-state index contributed by atoms with van der Waals surface area (Å²) < 4.78 is 0. The maximum absolute atomic E-state index is 9.77. The Morgan fingerprint density at radius 3 is 1.18 bits per heavy atom. The van der Waals surface area contributed by atoms with Gasteiger partial charge < -0.3 is 20.4 Å². The van der Waals surface area contributed by atoms with E-state index < -0.39 is 24.1 Å². The van der Waals surface area contributed by atoms with Gasteiger partial charge >= 0.3 is 11.9 Å². The fourth-order valence-electron chi connectivity index (χ4n) is 0.270. The molecule has 11 heavy (non-hydrogen) atoms. The molecule has 0 aromatic rings. The van der Waals surface area contributed by atoms with Crippen LogP contribution in [0.15, 0.2) is 0 Å². The van der Waals surface area contributed by atoms with Gasteiger partial charge in [0.25, 0.3) is 0 Å². The summed E-state index contributed by atoms with van der Waals surface area (Å²) in [5.74, 6) is -3.54. The molecule has 6 nitrogen and oxygen atoms in total. The average Bonchev–Trinajstić information content (AvgIpc) is 1.84. The van der Waals surface area contributed by atoms with Gasteiger partial charge in [-0.15, -0.1) is 0 Å². The Bertz CT molecular complexity index is 139. The maximum Gasteiger partial charge on any atom is 0.335 e. The number of aliphatic hydroxyl groups is 2. The first kappa shape index (κ1) is 13.7. The maximum atomic E-state index is 9.77. The number of hydrogen-bond donors (Lipinski definition) is 4. The van der Waals surface area contributed by atoms with E-state index >= 15 is 0 Å². The fraction of sp³-hybridized carbons (Fsp3) is 0.500. The van der Waals surface area contributed by atoms with Crippen LogP contribution in [-0.4, -0.2) is 44.6 Å². The molecule has 0 saturated carbocycles. The summed E-state index contributed by atoms with van der Waals surface area (Å²) in [5.41, 5.74) is 0. The molecule has 0 aliphatic rings. The first-order chi connectivity index (χ1) is 4.46. The van der Waals surface area contributed by atoms with Crippen molar-refractivity contribution < 1.29 is 68.6 Å². The number of rotatable bonds is 3. The van der Waals surface area contributed by atoms with E-state index in [4.69, 9.17) is 20.4 Å². The SMILES string of the molecule is O=C(O)C(O)C(O)C(=O)O.[Tb]. The average molecular weight is 309 g/mol. The van der Waals surface area contributed by atoms with Gasteiger partial charge in [-0.25, -0.2) is 9.59 Å². The van der Waals surface area contributed by atoms with Crippen LogP contribution >= 0.6 is 0 Å². The van der Waals surface area contributed by atoms with Crippen LogP contribution in [0, 0.1) is 38.6 Å². The predicted octanol–water partition coefficient (Wildman–Crippen LogP) is -2.12. The van der Waals surface area contributed by atoms with Gasteiger partial charge in [0, 0.05) is 38.6 Å². The standard InChI is InChI=1S/C4H6O6.Tb/c5-1(3(7)8)2(6)4(9)10;/h1-2,5-6H,(H,7,8)(H,9,10);. The minimum Gasteiger partial charge on any atom is -0.479 e. The van der Waals surface area contributed by atoms with Gasteiger partial charge in [-0.3, -0.25) is 0 Å². The van der Waals surface area contributed by atoms with E-state index in [-0.39, 0.29) is 38.6 Å². The normalized spacial score (nSPS) is 14.4. The Labute approximate surface area is 92.3 Å². The zero-order valence-corrected chi connectivity index (χ0v) is 7.23. The van der Waals surface area contributed by atoms with E-state index in [9.17, 15) is 9.59 Å². The number of carbonyl (C=O) groups is 2. The van der Waals surface area contributed by atoms with Gasteiger partial charge in [0.15, 0.2) is 12.2 Å². The number of aliphatic hydroxyl groups excluding tert-OH is 2. The van der Waals surface area contributed by atoms with Gasteiger partial charge in [-0.1, -0.05) is 0 Å². The predicted molar refractivity (Wildman–Crippen MR) is 27.3 cm³/mol. The van der Waals surface area contributed by atoms with Crippen LogP contribution in [-0.2, 0) is 9.59 Å². The monoisotopic (exact) mass is 309 g/mol. The summed E-state index contributed by atoms with van der Waals surface area (Å²) in [6.45, 7) is 0. The Hall–Kier alpha value is 0.146. The van der Waals surface area contributed by atoms with Crippen molar-refractivity contribution in [1.29, 1.82) is 0 Å². The van der Waals surface area contributed by atoms with Gasteiger partial charge in [-0.2, -0.15) is 0 Å². The van der Waals surface area contributed by atoms with E-state index in [1.807, 2.05) is 0 Å². The largest absolute Gasteiger partial charge is 0.479 e. The summed E-state index contributed by atoms with van der Waals surface area (Å²) in [4.78, 5) is 19.5. The summed E-state index contributed by atoms with van der Waals surface area (Å²) in [7, 11) is 0. The van der Waals surface area contributed by atoms with Crippen molar-refractivity contribution in [3.8, 4) is 0 Å². The Morgan fingerprint density at radius 2 is 1.09 bits per heavy atom. The van der Waals surface area contributed by atoms with Crippen LogP contribution < -0.4 is 0 Å². The van der Waals surface area contributed by atoms with Gasteiger partial charge in [0.2, 0.25) is 0 Å². The molecule has 0 aromatic heterocycles. The van der Waals surface area contributed by atoms with E-state index in [1.165, 1.54) is 0 Å². The van der Waals surface area contributed by atoms with Crippen molar-refractivity contribution in [2.45, 2.75) is 12.2 Å². The van der Waals surface area contributed by atoms with Gasteiger partial charge in [-0.05, 0) is 0 Å². The van der Waals surface area contributed by atoms with Crippen molar-refractivity contribution in [2.75, 3.05) is 0 Å². The van der Waals surface area contributed by atoms with Crippen LogP contribution in [0.5, 0.6) is 0 Å². The second-order valence-corrected chi connectivity index (χ2v) is 1.57. The van der Waals surface area contributed by atoms with E-state index in [2.05, 4.69) is 0 Å².